The van der Waals surface area contributed by atoms with Crippen LogP contribution in [0.3, 0.4) is 0 Å². The average Bonchev–Trinajstić information content (AvgIpc) is 2.16. The van der Waals surface area contributed by atoms with Gasteiger partial charge in [0.15, 0.2) is 0 Å². The smallest absolute Gasteiger partial charge is 0.255 e. The molecule has 1 saturated heterocycles. The second-order valence-corrected chi connectivity index (χ2v) is 5.04. The first kappa shape index (κ1) is 10.7. The van der Waals surface area contributed by atoms with E-state index in [0.29, 0.717) is 5.92 Å². The number of benzene rings is 1. The van der Waals surface area contributed by atoms with Gasteiger partial charge in [-0.3, -0.25) is 4.79 Å². The van der Waals surface area contributed by atoms with Gasteiger partial charge < -0.3 is 4.90 Å². The third-order valence-electron chi connectivity index (χ3n) is 2.77. The molecule has 2 nitrogen and oxygen atoms in total. The first-order chi connectivity index (χ1) is 7.09. The molecule has 0 unspecified atom stereocenters. The summed E-state index contributed by atoms with van der Waals surface area (Å²) in [4.78, 5) is 13.9. The number of amides is 1. The van der Waals surface area contributed by atoms with Gasteiger partial charge in [0.05, 0.1) is 5.56 Å². The Morgan fingerprint density at radius 3 is 2.73 bits per heavy atom. The predicted octanol–water partition coefficient (Wildman–Crippen LogP) is 2.85. The SMILES string of the molecule is Cc1cccc(C(=O)N2CC(C)C2)c1Br. The van der Waals surface area contributed by atoms with Crippen LogP contribution in [0.4, 0.5) is 0 Å². The highest BCUT2D eigenvalue weighted by molar-refractivity contribution is 9.10. The van der Waals surface area contributed by atoms with Gasteiger partial charge in [-0.1, -0.05) is 19.1 Å². The van der Waals surface area contributed by atoms with Gasteiger partial charge in [-0.15, -0.1) is 0 Å². The van der Waals surface area contributed by atoms with Crippen LogP contribution >= 0.6 is 15.9 Å². The predicted molar refractivity (Wildman–Crippen MR) is 63.9 cm³/mol. The Bertz CT molecular complexity index is 397. The molecule has 0 radical (unpaired) electrons. The molecule has 0 saturated carbocycles. The number of hydrogen-bond donors (Lipinski definition) is 0. The highest BCUT2D eigenvalue weighted by Gasteiger charge is 2.28. The summed E-state index contributed by atoms with van der Waals surface area (Å²) in [6, 6.07) is 5.80. The Balaban J connectivity index is 2.22. The van der Waals surface area contributed by atoms with Crippen molar-refractivity contribution in [2.75, 3.05) is 13.1 Å². The van der Waals surface area contributed by atoms with Crippen LogP contribution in [-0.4, -0.2) is 23.9 Å². The number of likely N-dealkylation sites (tertiary alicyclic amines) is 1. The van der Waals surface area contributed by atoms with Gasteiger partial charge in [-0.25, -0.2) is 0 Å². The van der Waals surface area contributed by atoms with Crippen molar-refractivity contribution in [1.82, 2.24) is 4.90 Å². The van der Waals surface area contributed by atoms with Gasteiger partial charge in [-0.05, 0) is 40.4 Å². The van der Waals surface area contributed by atoms with E-state index in [1.807, 2.05) is 30.0 Å². The van der Waals surface area contributed by atoms with E-state index in [4.69, 9.17) is 0 Å². The van der Waals surface area contributed by atoms with Crippen molar-refractivity contribution in [1.29, 1.82) is 0 Å². The number of rotatable bonds is 1. The van der Waals surface area contributed by atoms with Crippen LogP contribution in [0.15, 0.2) is 22.7 Å². The number of halogens is 1. The van der Waals surface area contributed by atoms with E-state index in [1.54, 1.807) is 0 Å². The second-order valence-electron chi connectivity index (χ2n) is 4.25. The molecule has 0 N–H and O–H groups in total. The molecular formula is C12H14BrNO. The Morgan fingerprint density at radius 1 is 1.47 bits per heavy atom. The van der Waals surface area contributed by atoms with Crippen molar-refractivity contribution in [2.24, 2.45) is 5.92 Å². The molecule has 1 aromatic rings. The first-order valence-corrected chi connectivity index (χ1v) is 5.93. The van der Waals surface area contributed by atoms with Crippen molar-refractivity contribution >= 4 is 21.8 Å². The monoisotopic (exact) mass is 267 g/mol. The standard InChI is InChI=1S/C12H14BrNO/c1-8-6-14(7-8)12(15)10-5-3-4-9(2)11(10)13/h3-5,8H,6-7H2,1-2H3. The van der Waals surface area contributed by atoms with E-state index in [0.717, 1.165) is 28.7 Å². The minimum absolute atomic E-state index is 0.142. The van der Waals surface area contributed by atoms with Crippen LogP contribution in [0, 0.1) is 12.8 Å². The van der Waals surface area contributed by atoms with Crippen LogP contribution in [0.5, 0.6) is 0 Å². The number of hydrogen-bond acceptors (Lipinski definition) is 1. The number of carbonyl (C=O) groups excluding carboxylic acids is 1. The lowest BCUT2D eigenvalue weighted by Gasteiger charge is -2.37. The largest absolute Gasteiger partial charge is 0.338 e. The van der Waals surface area contributed by atoms with Gasteiger partial charge in [0, 0.05) is 17.6 Å². The molecule has 1 heterocycles. The number of aryl methyl sites for hydroxylation is 1. The molecular weight excluding hydrogens is 254 g/mol. The quantitative estimate of drug-likeness (QED) is 0.767. The minimum atomic E-state index is 0.142. The number of nitrogens with zero attached hydrogens (tertiary/aromatic N) is 1. The molecule has 0 aromatic heterocycles. The van der Waals surface area contributed by atoms with Crippen LogP contribution in [0.1, 0.15) is 22.8 Å². The third-order valence-corrected chi connectivity index (χ3v) is 3.83. The molecule has 0 aliphatic carbocycles. The Labute approximate surface area is 98.4 Å². The summed E-state index contributed by atoms with van der Waals surface area (Å²) < 4.78 is 0.926. The molecule has 15 heavy (non-hydrogen) atoms. The van der Waals surface area contributed by atoms with Crippen molar-refractivity contribution < 1.29 is 4.79 Å². The highest BCUT2D eigenvalue weighted by Crippen LogP contribution is 2.25. The summed E-state index contributed by atoms with van der Waals surface area (Å²) >= 11 is 3.47. The molecule has 0 atom stereocenters. The topological polar surface area (TPSA) is 20.3 Å². The minimum Gasteiger partial charge on any atom is -0.338 e. The maximum absolute atomic E-state index is 12.0. The van der Waals surface area contributed by atoms with E-state index >= 15 is 0 Å². The van der Waals surface area contributed by atoms with E-state index < -0.39 is 0 Å². The van der Waals surface area contributed by atoms with Crippen LogP contribution in [0.2, 0.25) is 0 Å². The third kappa shape index (κ3) is 1.93. The fourth-order valence-electron chi connectivity index (χ4n) is 1.85. The Hall–Kier alpha value is -0.830. The maximum Gasteiger partial charge on any atom is 0.255 e. The lowest BCUT2D eigenvalue weighted by molar-refractivity contribution is 0.0529. The molecule has 1 amide bonds. The Morgan fingerprint density at radius 2 is 2.13 bits per heavy atom. The molecule has 1 fully saturated rings. The van der Waals surface area contributed by atoms with Gasteiger partial charge >= 0.3 is 0 Å². The maximum atomic E-state index is 12.0. The van der Waals surface area contributed by atoms with E-state index in [1.165, 1.54) is 0 Å². The van der Waals surface area contributed by atoms with Crippen molar-refractivity contribution in [3.8, 4) is 0 Å². The molecule has 1 aromatic carbocycles. The van der Waals surface area contributed by atoms with Gasteiger partial charge in [0.1, 0.15) is 0 Å². The zero-order chi connectivity index (χ0) is 11.0. The summed E-state index contributed by atoms with van der Waals surface area (Å²) in [7, 11) is 0. The highest BCUT2D eigenvalue weighted by atomic mass is 79.9. The lowest BCUT2D eigenvalue weighted by atomic mass is 10.0. The van der Waals surface area contributed by atoms with Gasteiger partial charge in [0.2, 0.25) is 0 Å². The van der Waals surface area contributed by atoms with E-state index in [9.17, 15) is 4.79 Å². The molecule has 2 rings (SSSR count). The average molecular weight is 268 g/mol. The fourth-order valence-corrected chi connectivity index (χ4v) is 2.28. The summed E-state index contributed by atoms with van der Waals surface area (Å²) in [5.74, 6) is 0.793. The summed E-state index contributed by atoms with van der Waals surface area (Å²) in [6.07, 6.45) is 0. The zero-order valence-corrected chi connectivity index (χ0v) is 10.5. The second kappa shape index (κ2) is 3.97. The van der Waals surface area contributed by atoms with Gasteiger partial charge in [-0.2, -0.15) is 0 Å². The van der Waals surface area contributed by atoms with Crippen molar-refractivity contribution in [2.45, 2.75) is 13.8 Å². The molecule has 0 bridgehead atoms. The Kier molecular flexibility index (Phi) is 2.83. The van der Waals surface area contributed by atoms with E-state index in [-0.39, 0.29) is 5.91 Å². The molecule has 3 heteroatoms. The summed E-state index contributed by atoms with van der Waals surface area (Å²) in [6.45, 7) is 5.94. The van der Waals surface area contributed by atoms with Crippen molar-refractivity contribution in [3.63, 3.8) is 0 Å². The van der Waals surface area contributed by atoms with E-state index in [2.05, 4.69) is 22.9 Å². The summed E-state index contributed by atoms with van der Waals surface area (Å²) in [5, 5.41) is 0. The van der Waals surface area contributed by atoms with Crippen LogP contribution in [-0.2, 0) is 0 Å². The first-order valence-electron chi connectivity index (χ1n) is 5.14. The van der Waals surface area contributed by atoms with Crippen LogP contribution < -0.4 is 0 Å². The van der Waals surface area contributed by atoms with Crippen LogP contribution in [0.25, 0.3) is 0 Å². The normalized spacial score (nSPS) is 16.3. The molecule has 0 spiro atoms. The fraction of sp³-hybridized carbons (Fsp3) is 0.417. The van der Waals surface area contributed by atoms with Crippen molar-refractivity contribution in [3.05, 3.63) is 33.8 Å². The molecule has 1 aliphatic rings. The number of carbonyl (C=O) groups is 1. The lowest BCUT2D eigenvalue weighted by Crippen LogP contribution is -2.48. The molecule has 80 valence electrons. The van der Waals surface area contributed by atoms with Gasteiger partial charge in [0.25, 0.3) is 5.91 Å². The molecule has 1 aliphatic heterocycles. The zero-order valence-electron chi connectivity index (χ0n) is 8.96. The summed E-state index contributed by atoms with van der Waals surface area (Å²) in [5.41, 5.74) is 1.89.